The van der Waals surface area contributed by atoms with Crippen LogP contribution in [-0.2, 0) is 5.41 Å². The summed E-state index contributed by atoms with van der Waals surface area (Å²) in [6.07, 6.45) is 0. The molecule has 0 aliphatic heterocycles. The molecule has 11 rings (SSSR count). The highest BCUT2D eigenvalue weighted by Crippen LogP contribution is 2.50. The molecule has 0 fully saturated rings. The van der Waals surface area contributed by atoms with Crippen molar-refractivity contribution in [3.05, 3.63) is 248 Å². The number of para-hydroxylation sites is 1. The van der Waals surface area contributed by atoms with Crippen molar-refractivity contribution in [1.82, 2.24) is 0 Å². The van der Waals surface area contributed by atoms with E-state index in [1.165, 1.54) is 88.7 Å². The van der Waals surface area contributed by atoms with Gasteiger partial charge >= 0.3 is 0 Å². The normalized spacial score (nSPS) is 12.5. The van der Waals surface area contributed by atoms with Gasteiger partial charge in [-0.1, -0.05) is 202 Å². The molecule has 0 atom stereocenters. The van der Waals surface area contributed by atoms with Crippen molar-refractivity contribution in [2.24, 2.45) is 0 Å². The summed E-state index contributed by atoms with van der Waals surface area (Å²) in [6.45, 7) is 4.70. The number of fused-ring (bicyclic) bond motifs is 4. The minimum atomic E-state index is -0.0532. The molecular weight excluding hydrogens is 747 g/mol. The molecule has 1 heteroatoms. The summed E-state index contributed by atoms with van der Waals surface area (Å²) in [6, 6.07) is 86.6. The van der Waals surface area contributed by atoms with E-state index in [1.807, 2.05) is 0 Å². The monoisotopic (exact) mass is 791 g/mol. The van der Waals surface area contributed by atoms with E-state index in [4.69, 9.17) is 0 Å². The first-order valence-electron chi connectivity index (χ1n) is 21.6. The van der Waals surface area contributed by atoms with Gasteiger partial charge in [0.1, 0.15) is 0 Å². The van der Waals surface area contributed by atoms with Crippen LogP contribution in [0, 0.1) is 0 Å². The number of hydrogen-bond donors (Lipinski definition) is 0. The maximum atomic E-state index is 2.41. The molecule has 10 aromatic carbocycles. The number of anilines is 3. The molecule has 1 aliphatic rings. The van der Waals surface area contributed by atoms with Gasteiger partial charge in [0, 0.05) is 22.4 Å². The summed E-state index contributed by atoms with van der Waals surface area (Å²) < 4.78 is 0. The molecule has 0 unspecified atom stereocenters. The van der Waals surface area contributed by atoms with E-state index >= 15 is 0 Å². The number of nitrogens with zero attached hydrogens (tertiary/aromatic N) is 1. The second-order valence-electron chi connectivity index (χ2n) is 16.9. The lowest BCUT2D eigenvalue weighted by molar-refractivity contribution is 0.660. The van der Waals surface area contributed by atoms with Crippen LogP contribution in [0.4, 0.5) is 17.1 Å². The van der Waals surface area contributed by atoms with Gasteiger partial charge in [0.15, 0.2) is 0 Å². The van der Waals surface area contributed by atoms with E-state index in [2.05, 4.69) is 255 Å². The van der Waals surface area contributed by atoms with E-state index in [0.29, 0.717) is 0 Å². The Labute approximate surface area is 364 Å². The van der Waals surface area contributed by atoms with Crippen LogP contribution in [0.2, 0.25) is 0 Å². The maximum absolute atomic E-state index is 2.41. The first-order chi connectivity index (χ1) is 30.5. The topological polar surface area (TPSA) is 3.24 Å². The predicted octanol–water partition coefficient (Wildman–Crippen LogP) is 17.0. The second-order valence-corrected chi connectivity index (χ2v) is 16.9. The van der Waals surface area contributed by atoms with E-state index in [0.717, 1.165) is 17.1 Å². The van der Waals surface area contributed by atoms with E-state index in [-0.39, 0.29) is 5.41 Å². The lowest BCUT2D eigenvalue weighted by Crippen LogP contribution is -2.14. The van der Waals surface area contributed by atoms with Gasteiger partial charge in [0.2, 0.25) is 0 Å². The molecule has 0 saturated heterocycles. The third kappa shape index (κ3) is 6.60. The Morgan fingerprint density at radius 2 is 0.742 bits per heavy atom. The van der Waals surface area contributed by atoms with Gasteiger partial charge in [-0.25, -0.2) is 0 Å². The van der Waals surface area contributed by atoms with Crippen LogP contribution in [0.25, 0.3) is 77.5 Å². The van der Waals surface area contributed by atoms with Crippen molar-refractivity contribution in [3.63, 3.8) is 0 Å². The largest absolute Gasteiger partial charge is 0.310 e. The minimum absolute atomic E-state index is 0.0532. The van der Waals surface area contributed by atoms with Gasteiger partial charge in [0.25, 0.3) is 0 Å². The quantitative estimate of drug-likeness (QED) is 0.148. The zero-order valence-electron chi connectivity index (χ0n) is 35.0. The zero-order chi connectivity index (χ0) is 41.6. The SMILES string of the molecule is CC1(C)c2ccccc2-c2ccc(-c3ccc(N(c4ccc(-c5cccc(-c6ccccc6)c5)cc4)c4ccccc4-c4cccc(-c5cccc6ccccc56)c4)cc3)cc21. The Hall–Kier alpha value is -7.74. The average Bonchev–Trinajstić information content (AvgIpc) is 3.57. The molecule has 0 saturated carbocycles. The van der Waals surface area contributed by atoms with E-state index < -0.39 is 0 Å². The Morgan fingerprint density at radius 1 is 0.290 bits per heavy atom. The number of hydrogen-bond acceptors (Lipinski definition) is 1. The summed E-state index contributed by atoms with van der Waals surface area (Å²) in [5.41, 5.74) is 20.7. The summed E-state index contributed by atoms with van der Waals surface area (Å²) >= 11 is 0. The van der Waals surface area contributed by atoms with Gasteiger partial charge in [-0.2, -0.15) is 0 Å². The molecule has 10 aromatic rings. The molecule has 0 amide bonds. The third-order valence-electron chi connectivity index (χ3n) is 12.9. The molecule has 0 radical (unpaired) electrons. The van der Waals surface area contributed by atoms with Crippen LogP contribution in [0.5, 0.6) is 0 Å². The van der Waals surface area contributed by atoms with Gasteiger partial charge < -0.3 is 4.90 Å². The van der Waals surface area contributed by atoms with Crippen LogP contribution < -0.4 is 4.90 Å². The Balaban J connectivity index is 1.00. The van der Waals surface area contributed by atoms with Crippen LogP contribution in [0.1, 0.15) is 25.0 Å². The molecule has 0 spiro atoms. The highest BCUT2D eigenvalue weighted by Gasteiger charge is 2.35. The summed E-state index contributed by atoms with van der Waals surface area (Å²) in [5, 5.41) is 2.50. The fourth-order valence-corrected chi connectivity index (χ4v) is 9.67. The van der Waals surface area contributed by atoms with Crippen molar-refractivity contribution < 1.29 is 0 Å². The minimum Gasteiger partial charge on any atom is -0.310 e. The maximum Gasteiger partial charge on any atom is 0.0540 e. The van der Waals surface area contributed by atoms with Crippen molar-refractivity contribution in [2.75, 3.05) is 4.90 Å². The molecule has 0 aromatic heterocycles. The average molecular weight is 792 g/mol. The molecule has 294 valence electrons. The highest BCUT2D eigenvalue weighted by atomic mass is 15.1. The molecule has 0 bridgehead atoms. The Bertz CT molecular complexity index is 3240. The standard InChI is InChI=1S/C61H45N/c1-61(2)58-27-10-8-25-56(58)57-38-33-48(41-59(57)61)44-31-36-52(37-32-44)62(51-34-29-43(30-35-51)47-20-12-19-46(39-47)42-15-4-3-5-16-42)60-28-11-9-24-55(60)50-22-13-21-49(40-50)54-26-14-18-45-17-6-7-23-53(45)54/h3-41H,1-2H3. The smallest absolute Gasteiger partial charge is 0.0540 e. The zero-order valence-corrected chi connectivity index (χ0v) is 35.0. The summed E-state index contributed by atoms with van der Waals surface area (Å²) in [4.78, 5) is 2.41. The first kappa shape index (κ1) is 37.3. The molecule has 1 aliphatic carbocycles. The molecule has 62 heavy (non-hydrogen) atoms. The van der Waals surface area contributed by atoms with Crippen molar-refractivity contribution in [1.29, 1.82) is 0 Å². The fourth-order valence-electron chi connectivity index (χ4n) is 9.67. The predicted molar refractivity (Wildman–Crippen MR) is 263 cm³/mol. The van der Waals surface area contributed by atoms with Crippen LogP contribution >= 0.6 is 0 Å². The Morgan fingerprint density at radius 3 is 1.47 bits per heavy atom. The van der Waals surface area contributed by atoms with Gasteiger partial charge in [-0.15, -0.1) is 0 Å². The summed E-state index contributed by atoms with van der Waals surface area (Å²) in [5.74, 6) is 0. The first-order valence-corrected chi connectivity index (χ1v) is 21.6. The van der Waals surface area contributed by atoms with E-state index in [9.17, 15) is 0 Å². The lowest BCUT2D eigenvalue weighted by atomic mass is 9.81. The Kier molecular flexibility index (Phi) is 9.24. The van der Waals surface area contributed by atoms with Crippen LogP contribution in [0.15, 0.2) is 237 Å². The second kappa shape index (κ2) is 15.4. The molecule has 0 heterocycles. The van der Waals surface area contributed by atoms with Gasteiger partial charge in [0.05, 0.1) is 5.69 Å². The van der Waals surface area contributed by atoms with Gasteiger partial charge in [-0.05, 0) is 132 Å². The number of rotatable bonds is 8. The van der Waals surface area contributed by atoms with Crippen molar-refractivity contribution >= 4 is 27.8 Å². The summed E-state index contributed by atoms with van der Waals surface area (Å²) in [7, 11) is 0. The van der Waals surface area contributed by atoms with Crippen molar-refractivity contribution in [2.45, 2.75) is 19.3 Å². The molecule has 1 nitrogen and oxygen atoms in total. The van der Waals surface area contributed by atoms with Crippen LogP contribution in [-0.4, -0.2) is 0 Å². The third-order valence-corrected chi connectivity index (χ3v) is 12.9. The molecular formula is C61H45N. The highest BCUT2D eigenvalue weighted by molar-refractivity contribution is 5.98. The molecule has 0 N–H and O–H groups in total. The van der Waals surface area contributed by atoms with E-state index in [1.54, 1.807) is 0 Å². The van der Waals surface area contributed by atoms with Crippen LogP contribution in [0.3, 0.4) is 0 Å². The fraction of sp³-hybridized carbons (Fsp3) is 0.0492. The van der Waals surface area contributed by atoms with Gasteiger partial charge in [-0.3, -0.25) is 0 Å². The lowest BCUT2D eigenvalue weighted by Gasteiger charge is -2.28. The van der Waals surface area contributed by atoms with Crippen molar-refractivity contribution in [3.8, 4) is 66.8 Å². The number of benzene rings is 10.